The second-order valence-electron chi connectivity index (χ2n) is 4.29. The average Bonchev–Trinajstić information content (AvgIpc) is 2.82. The number of hydrogen-bond donors (Lipinski definition) is 1. The molecule has 1 aromatic carbocycles. The standard InChI is InChI=1S/C13H9F3N4/c14-13(15,16)12-19-18-11-6-3-9(7-20(11)12)8-1-4-10(17)5-2-8/h1-7H,17H2. The number of alkyl halides is 3. The molecular formula is C13H9F3N4. The van der Waals surface area contributed by atoms with Gasteiger partial charge in [0.25, 0.3) is 0 Å². The summed E-state index contributed by atoms with van der Waals surface area (Å²) in [6.07, 6.45) is -3.18. The van der Waals surface area contributed by atoms with Gasteiger partial charge in [0.05, 0.1) is 0 Å². The Morgan fingerprint density at radius 3 is 2.20 bits per heavy atom. The number of nitrogen functional groups attached to an aromatic ring is 1. The van der Waals surface area contributed by atoms with E-state index in [4.69, 9.17) is 5.73 Å². The van der Waals surface area contributed by atoms with E-state index in [0.717, 1.165) is 9.96 Å². The minimum absolute atomic E-state index is 0.150. The molecule has 0 saturated carbocycles. The van der Waals surface area contributed by atoms with Gasteiger partial charge in [0.2, 0.25) is 5.82 Å². The van der Waals surface area contributed by atoms with Crippen LogP contribution in [0.4, 0.5) is 18.9 Å². The van der Waals surface area contributed by atoms with Crippen molar-refractivity contribution in [1.82, 2.24) is 14.6 Å². The summed E-state index contributed by atoms with van der Waals surface area (Å²) in [5.41, 5.74) is 7.72. The van der Waals surface area contributed by atoms with E-state index >= 15 is 0 Å². The molecule has 4 nitrogen and oxygen atoms in total. The molecular weight excluding hydrogens is 269 g/mol. The predicted molar refractivity (Wildman–Crippen MR) is 67.8 cm³/mol. The minimum Gasteiger partial charge on any atom is -0.399 e. The molecule has 3 aromatic rings. The Labute approximate surface area is 111 Å². The van der Waals surface area contributed by atoms with Crippen LogP contribution in [-0.4, -0.2) is 14.6 Å². The van der Waals surface area contributed by atoms with Gasteiger partial charge in [0.1, 0.15) is 0 Å². The number of anilines is 1. The third kappa shape index (κ3) is 2.07. The first kappa shape index (κ1) is 12.5. The van der Waals surface area contributed by atoms with Crippen LogP contribution in [0.1, 0.15) is 5.82 Å². The van der Waals surface area contributed by atoms with Gasteiger partial charge in [0, 0.05) is 11.9 Å². The van der Waals surface area contributed by atoms with Gasteiger partial charge < -0.3 is 5.73 Å². The number of nitrogens with zero attached hydrogens (tertiary/aromatic N) is 3. The molecule has 2 N–H and O–H groups in total. The highest BCUT2D eigenvalue weighted by atomic mass is 19.4. The predicted octanol–water partition coefficient (Wildman–Crippen LogP) is 3.00. The largest absolute Gasteiger partial charge is 0.452 e. The van der Waals surface area contributed by atoms with E-state index in [0.29, 0.717) is 11.3 Å². The molecule has 3 rings (SSSR count). The molecule has 0 bridgehead atoms. The number of hydrogen-bond acceptors (Lipinski definition) is 3. The number of halogens is 3. The Bertz CT molecular complexity index is 759. The van der Waals surface area contributed by atoms with Gasteiger partial charge >= 0.3 is 6.18 Å². The van der Waals surface area contributed by atoms with Crippen molar-refractivity contribution in [3.63, 3.8) is 0 Å². The van der Waals surface area contributed by atoms with E-state index in [1.165, 1.54) is 12.3 Å². The maximum Gasteiger partial charge on any atom is 0.452 e. The van der Waals surface area contributed by atoms with Crippen LogP contribution in [0.5, 0.6) is 0 Å². The molecule has 0 saturated heterocycles. The highest BCUT2D eigenvalue weighted by Crippen LogP contribution is 2.29. The molecule has 0 aliphatic carbocycles. The van der Waals surface area contributed by atoms with Gasteiger partial charge in [-0.1, -0.05) is 12.1 Å². The molecule has 0 aliphatic rings. The topological polar surface area (TPSA) is 56.2 Å². The fourth-order valence-corrected chi connectivity index (χ4v) is 1.93. The Hall–Kier alpha value is -2.57. The van der Waals surface area contributed by atoms with E-state index in [9.17, 15) is 13.2 Å². The van der Waals surface area contributed by atoms with Crippen LogP contribution < -0.4 is 5.73 Å². The summed E-state index contributed by atoms with van der Waals surface area (Å²) < 4.78 is 39.3. The molecule has 102 valence electrons. The number of nitrogens with two attached hydrogens (primary N) is 1. The van der Waals surface area contributed by atoms with Crippen LogP contribution in [-0.2, 0) is 6.18 Å². The Morgan fingerprint density at radius 2 is 1.55 bits per heavy atom. The summed E-state index contributed by atoms with van der Waals surface area (Å²) in [6.45, 7) is 0. The van der Waals surface area contributed by atoms with Crippen LogP contribution in [0.15, 0.2) is 42.6 Å². The summed E-state index contributed by atoms with van der Waals surface area (Å²) in [4.78, 5) is 0. The van der Waals surface area contributed by atoms with Gasteiger partial charge in [-0.2, -0.15) is 13.2 Å². The van der Waals surface area contributed by atoms with Crippen molar-refractivity contribution >= 4 is 11.3 Å². The third-order valence-electron chi connectivity index (χ3n) is 2.90. The molecule has 0 amide bonds. The molecule has 7 heteroatoms. The summed E-state index contributed by atoms with van der Waals surface area (Å²) >= 11 is 0. The Balaban J connectivity index is 2.16. The smallest absolute Gasteiger partial charge is 0.399 e. The fraction of sp³-hybridized carbons (Fsp3) is 0.0769. The van der Waals surface area contributed by atoms with Gasteiger partial charge in [-0.3, -0.25) is 4.40 Å². The molecule has 0 aliphatic heterocycles. The molecule has 20 heavy (non-hydrogen) atoms. The summed E-state index contributed by atoms with van der Waals surface area (Å²) in [5.74, 6) is -1.04. The quantitative estimate of drug-likeness (QED) is 0.696. The van der Waals surface area contributed by atoms with Gasteiger partial charge in [0.15, 0.2) is 5.65 Å². The van der Waals surface area contributed by atoms with E-state index in [1.54, 1.807) is 30.3 Å². The van der Waals surface area contributed by atoms with Crippen molar-refractivity contribution in [3.05, 3.63) is 48.4 Å². The molecule has 0 atom stereocenters. The van der Waals surface area contributed by atoms with Crippen LogP contribution >= 0.6 is 0 Å². The second kappa shape index (κ2) is 4.22. The lowest BCUT2D eigenvalue weighted by atomic mass is 10.1. The molecule has 2 aromatic heterocycles. The molecule has 0 radical (unpaired) electrons. The minimum atomic E-state index is -4.54. The lowest BCUT2D eigenvalue weighted by Crippen LogP contribution is -2.10. The SMILES string of the molecule is Nc1ccc(-c2ccc3nnc(C(F)(F)F)n3c2)cc1. The lowest BCUT2D eigenvalue weighted by Gasteiger charge is -2.06. The van der Waals surface area contributed by atoms with Crippen LogP contribution in [0.25, 0.3) is 16.8 Å². The van der Waals surface area contributed by atoms with E-state index in [-0.39, 0.29) is 5.65 Å². The normalized spacial score (nSPS) is 11.9. The second-order valence-corrected chi connectivity index (χ2v) is 4.29. The Morgan fingerprint density at radius 1 is 0.900 bits per heavy atom. The summed E-state index contributed by atoms with van der Waals surface area (Å²) in [5, 5.41) is 6.69. The lowest BCUT2D eigenvalue weighted by molar-refractivity contribution is -0.145. The summed E-state index contributed by atoms with van der Waals surface area (Å²) in [7, 11) is 0. The van der Waals surface area contributed by atoms with Crippen molar-refractivity contribution in [2.24, 2.45) is 0 Å². The van der Waals surface area contributed by atoms with Crippen molar-refractivity contribution in [2.75, 3.05) is 5.73 Å². The van der Waals surface area contributed by atoms with Crippen LogP contribution in [0, 0.1) is 0 Å². The van der Waals surface area contributed by atoms with Crippen molar-refractivity contribution in [2.45, 2.75) is 6.18 Å². The zero-order valence-electron chi connectivity index (χ0n) is 10.1. The van der Waals surface area contributed by atoms with Gasteiger partial charge in [-0.15, -0.1) is 10.2 Å². The van der Waals surface area contributed by atoms with Crippen LogP contribution in [0.3, 0.4) is 0 Å². The molecule has 0 fully saturated rings. The highest BCUT2D eigenvalue weighted by molar-refractivity contribution is 5.66. The first-order valence-corrected chi connectivity index (χ1v) is 5.73. The van der Waals surface area contributed by atoms with Gasteiger partial charge in [-0.25, -0.2) is 0 Å². The van der Waals surface area contributed by atoms with Crippen molar-refractivity contribution in [3.8, 4) is 11.1 Å². The number of aromatic nitrogens is 3. The maximum atomic E-state index is 12.8. The number of rotatable bonds is 1. The first-order valence-electron chi connectivity index (χ1n) is 5.73. The monoisotopic (exact) mass is 278 g/mol. The number of fused-ring (bicyclic) bond motifs is 1. The van der Waals surface area contributed by atoms with E-state index < -0.39 is 12.0 Å². The maximum absolute atomic E-state index is 12.8. The Kier molecular flexibility index (Phi) is 2.63. The van der Waals surface area contributed by atoms with Gasteiger partial charge in [-0.05, 0) is 35.4 Å². The molecule has 0 unspecified atom stereocenters. The first-order chi connectivity index (χ1) is 9.45. The van der Waals surface area contributed by atoms with Crippen molar-refractivity contribution in [1.29, 1.82) is 0 Å². The highest BCUT2D eigenvalue weighted by Gasteiger charge is 2.36. The van der Waals surface area contributed by atoms with Crippen LogP contribution in [0.2, 0.25) is 0 Å². The average molecular weight is 278 g/mol. The summed E-state index contributed by atoms with van der Waals surface area (Å²) in [6, 6.07) is 10.1. The number of benzene rings is 1. The fourth-order valence-electron chi connectivity index (χ4n) is 1.93. The zero-order chi connectivity index (χ0) is 14.3. The zero-order valence-corrected chi connectivity index (χ0v) is 10.1. The molecule has 2 heterocycles. The number of pyridine rings is 1. The van der Waals surface area contributed by atoms with E-state index in [1.807, 2.05) is 0 Å². The van der Waals surface area contributed by atoms with E-state index in [2.05, 4.69) is 10.2 Å². The molecule has 0 spiro atoms. The third-order valence-corrected chi connectivity index (χ3v) is 2.90. The van der Waals surface area contributed by atoms with Crippen molar-refractivity contribution < 1.29 is 13.2 Å².